The van der Waals surface area contributed by atoms with Crippen molar-refractivity contribution in [2.24, 2.45) is 0 Å². The predicted octanol–water partition coefficient (Wildman–Crippen LogP) is 33.4. The van der Waals surface area contributed by atoms with Gasteiger partial charge in [0, 0.05) is 106 Å². The molecule has 0 fully saturated rings. The maximum atomic E-state index is 5.27. The smallest absolute Gasteiger partial charge is 0.235 e. The summed E-state index contributed by atoms with van der Waals surface area (Å²) in [4.78, 5) is 26.0. The van der Waals surface area contributed by atoms with Crippen molar-refractivity contribution in [2.75, 3.05) is 0 Å². The molecule has 0 atom stereocenters. The third-order valence-electron chi connectivity index (χ3n) is 26.7. The van der Waals surface area contributed by atoms with Crippen molar-refractivity contribution in [1.82, 2.24) is 38.6 Å². The van der Waals surface area contributed by atoms with E-state index >= 15 is 0 Å². The first kappa shape index (κ1) is 79.3. The monoisotopic (exact) mass is 1750 g/mol. The fraction of sp³-hybridized carbons (Fsp3) is 0.0242. The van der Waals surface area contributed by atoms with Crippen LogP contribution in [0.25, 0.3) is 235 Å². The van der Waals surface area contributed by atoms with E-state index in [1.165, 1.54) is 134 Å². The molecule has 26 aromatic rings. The molecule has 1 aliphatic carbocycles. The average Bonchev–Trinajstić information content (AvgIpc) is 1.58. The fourth-order valence-electron chi connectivity index (χ4n) is 20.1. The molecule has 630 valence electrons. The number of benzene rings is 18. The highest BCUT2D eigenvalue weighted by Gasteiger charge is 2.36. The van der Waals surface area contributed by atoms with Gasteiger partial charge in [-0.05, 0) is 188 Å². The molecular formula is C124H82N8S2. The minimum Gasteiger partial charge on any atom is -0.294 e. The SMILES string of the molecule is CC1(C)c2ccccc2-c2ccc(-c3ccc4c(c3)c3ccccc3n4-c3nc(-c4ccccc4)cc(-c4ccccc4)n3)cc21.c1ccc(-c2cc(-c3ccccc3)nc(-n3c4ccccc4c4cc(-c5ccc6sc7ccccc7c6c5)ccc43)c2)cc1.c1ccc(-c2cc(-c3ccccc3)nc(-n3c4ccccc4c4cc(-c5ccc6sc7ccccc7c6c5)ccc43)n2)cc1. The van der Waals surface area contributed by atoms with Crippen LogP contribution >= 0.6 is 22.7 Å². The van der Waals surface area contributed by atoms with E-state index in [9.17, 15) is 0 Å². The lowest BCUT2D eigenvalue weighted by Gasteiger charge is -2.22. The highest BCUT2D eigenvalue weighted by Crippen LogP contribution is 2.51. The molecule has 0 N–H and O–H groups in total. The highest BCUT2D eigenvalue weighted by atomic mass is 32.1. The van der Waals surface area contributed by atoms with Crippen LogP contribution in [0, 0.1) is 0 Å². The molecule has 8 nitrogen and oxygen atoms in total. The number of rotatable bonds is 12. The van der Waals surface area contributed by atoms with Gasteiger partial charge < -0.3 is 0 Å². The van der Waals surface area contributed by atoms with Gasteiger partial charge in [-0.25, -0.2) is 24.9 Å². The number of fused-ring (bicyclic) bond motifs is 18. The van der Waals surface area contributed by atoms with E-state index in [-0.39, 0.29) is 5.41 Å². The molecule has 0 bridgehead atoms. The first-order valence-corrected chi connectivity index (χ1v) is 47.1. The Morgan fingerprint density at radius 1 is 0.179 bits per heavy atom. The van der Waals surface area contributed by atoms with E-state index in [2.05, 4.69) is 464 Å². The minimum absolute atomic E-state index is 0.0420. The van der Waals surface area contributed by atoms with Crippen molar-refractivity contribution in [1.29, 1.82) is 0 Å². The summed E-state index contributed by atoms with van der Waals surface area (Å²) < 4.78 is 12.1. The highest BCUT2D eigenvalue weighted by molar-refractivity contribution is 7.26. The van der Waals surface area contributed by atoms with Crippen LogP contribution in [-0.4, -0.2) is 38.6 Å². The minimum atomic E-state index is -0.0420. The lowest BCUT2D eigenvalue weighted by molar-refractivity contribution is 0.660. The molecule has 0 aliphatic heterocycles. The van der Waals surface area contributed by atoms with E-state index in [1.807, 2.05) is 46.9 Å². The van der Waals surface area contributed by atoms with E-state index in [4.69, 9.17) is 24.9 Å². The zero-order valence-corrected chi connectivity index (χ0v) is 74.9. The van der Waals surface area contributed by atoms with Crippen LogP contribution in [0.4, 0.5) is 0 Å². The number of thiophene rings is 2. The van der Waals surface area contributed by atoms with Gasteiger partial charge in [0.25, 0.3) is 0 Å². The lowest BCUT2D eigenvalue weighted by Crippen LogP contribution is -2.14. The third-order valence-corrected chi connectivity index (χ3v) is 29.0. The van der Waals surface area contributed by atoms with Gasteiger partial charge in [-0.2, -0.15) is 0 Å². The summed E-state index contributed by atoms with van der Waals surface area (Å²) in [5, 5.41) is 12.5. The summed E-state index contributed by atoms with van der Waals surface area (Å²) >= 11 is 3.71. The normalized spacial score (nSPS) is 12.2. The van der Waals surface area contributed by atoms with Gasteiger partial charge in [0.2, 0.25) is 11.9 Å². The summed E-state index contributed by atoms with van der Waals surface area (Å²) in [5.74, 6) is 2.24. The number of hydrogen-bond donors (Lipinski definition) is 0. The standard InChI is InChI=1S/C43H31N3.C41H26N2S.C40H25N3S/c1-43(2)36-19-11-9-17-32(36)33-23-21-31(26-37(33)43)30-22-24-41-35(25-30)34-18-10-12-20-40(34)46(41)42-44-38(28-13-5-3-6-14-28)27-39(45-42)29-15-7-4-8-16-29;1-3-11-27(12-4-1)31-25-36(28-13-5-2-6-14-28)42-41(26-31)43-37-17-9-7-15-32(37)34-23-29(19-21-38(34)43)30-20-22-40-35(24-30)33-16-8-10-18-39(33)44-40;1-3-11-26(12-4-1)34-25-35(27-13-5-2-6-14-27)42-40(41-34)43-36-17-9-7-15-30(36)32-23-28(19-21-37(32)43)29-20-22-39-33(24-29)31-16-8-10-18-38(31)44-39/h3-27H,1-2H3;1-26H;1-25H. The fourth-order valence-corrected chi connectivity index (χ4v) is 22.3. The number of aromatic nitrogens is 8. The van der Waals surface area contributed by atoms with E-state index in [0.717, 1.165) is 101 Å². The first-order valence-electron chi connectivity index (χ1n) is 45.5. The van der Waals surface area contributed by atoms with Crippen LogP contribution in [-0.2, 0) is 5.41 Å². The summed E-state index contributed by atoms with van der Waals surface area (Å²) in [6, 6.07) is 164. The molecule has 10 heteroatoms. The number of hydrogen-bond acceptors (Lipinski definition) is 7. The van der Waals surface area contributed by atoms with Gasteiger partial charge in [-0.3, -0.25) is 13.7 Å². The second kappa shape index (κ2) is 32.9. The maximum absolute atomic E-state index is 5.27. The number of nitrogens with zero attached hydrogens (tertiary/aromatic N) is 8. The predicted molar refractivity (Wildman–Crippen MR) is 564 cm³/mol. The number of pyridine rings is 1. The van der Waals surface area contributed by atoms with Crippen LogP contribution in [0.2, 0.25) is 0 Å². The molecule has 0 spiro atoms. The van der Waals surface area contributed by atoms with Crippen LogP contribution in [0.1, 0.15) is 25.0 Å². The molecule has 1 aliphatic rings. The quantitative estimate of drug-likeness (QED) is 0.122. The second-order valence-corrected chi connectivity index (χ2v) is 37.1. The van der Waals surface area contributed by atoms with Gasteiger partial charge in [-0.1, -0.05) is 354 Å². The number of para-hydroxylation sites is 3. The Labute approximate surface area is 782 Å². The Bertz CT molecular complexity index is 8560. The van der Waals surface area contributed by atoms with Crippen molar-refractivity contribution in [3.8, 4) is 130 Å². The molecule has 27 rings (SSSR count). The van der Waals surface area contributed by atoms with Gasteiger partial charge in [0.1, 0.15) is 5.82 Å². The Hall–Kier alpha value is -16.9. The lowest BCUT2D eigenvalue weighted by atomic mass is 9.81. The van der Waals surface area contributed by atoms with Crippen molar-refractivity contribution < 1.29 is 0 Å². The van der Waals surface area contributed by atoms with Crippen molar-refractivity contribution in [3.05, 3.63) is 472 Å². The van der Waals surface area contributed by atoms with Gasteiger partial charge in [-0.15, -0.1) is 22.7 Å². The average molecular weight is 1750 g/mol. The largest absolute Gasteiger partial charge is 0.294 e. The maximum Gasteiger partial charge on any atom is 0.235 e. The molecule has 0 saturated carbocycles. The molecular weight excluding hydrogens is 1670 g/mol. The Balaban J connectivity index is 0.000000108. The molecule has 134 heavy (non-hydrogen) atoms. The van der Waals surface area contributed by atoms with Crippen LogP contribution in [0.15, 0.2) is 461 Å². The Morgan fingerprint density at radius 2 is 0.470 bits per heavy atom. The second-order valence-electron chi connectivity index (χ2n) is 35.0. The molecule has 0 radical (unpaired) electrons. The van der Waals surface area contributed by atoms with E-state index < -0.39 is 0 Å². The Morgan fingerprint density at radius 3 is 0.888 bits per heavy atom. The first-order chi connectivity index (χ1) is 66.2. The Kier molecular flexibility index (Phi) is 19.5. The van der Waals surface area contributed by atoms with E-state index in [0.29, 0.717) is 11.9 Å². The summed E-state index contributed by atoms with van der Waals surface area (Å²) in [6.07, 6.45) is 0. The summed E-state index contributed by atoms with van der Waals surface area (Å²) in [6.45, 7) is 4.68. The van der Waals surface area contributed by atoms with Crippen molar-refractivity contribution in [3.63, 3.8) is 0 Å². The van der Waals surface area contributed by atoms with Crippen molar-refractivity contribution in [2.45, 2.75) is 19.3 Å². The molecule has 8 aromatic heterocycles. The van der Waals surface area contributed by atoms with Gasteiger partial charge in [0.05, 0.1) is 61.6 Å². The molecule has 18 aromatic carbocycles. The zero-order chi connectivity index (χ0) is 88.9. The van der Waals surface area contributed by atoms with Gasteiger partial charge in [0.15, 0.2) is 0 Å². The van der Waals surface area contributed by atoms with Crippen LogP contribution in [0.3, 0.4) is 0 Å². The molecule has 8 heterocycles. The van der Waals surface area contributed by atoms with Crippen LogP contribution < -0.4 is 0 Å². The molecule has 0 amide bonds. The van der Waals surface area contributed by atoms with Crippen LogP contribution in [0.5, 0.6) is 0 Å². The topological polar surface area (TPSA) is 79.2 Å². The van der Waals surface area contributed by atoms with Crippen molar-refractivity contribution >= 4 is 128 Å². The summed E-state index contributed by atoms with van der Waals surface area (Å²) in [5.41, 5.74) is 31.6. The molecule has 0 unspecified atom stereocenters. The van der Waals surface area contributed by atoms with E-state index in [1.54, 1.807) is 0 Å². The molecule has 0 saturated heterocycles. The van der Waals surface area contributed by atoms with Gasteiger partial charge >= 0.3 is 0 Å². The summed E-state index contributed by atoms with van der Waals surface area (Å²) in [7, 11) is 0. The third kappa shape index (κ3) is 14.0. The zero-order valence-electron chi connectivity index (χ0n) is 73.3.